The van der Waals surface area contributed by atoms with Crippen LogP contribution in [-0.2, 0) is 9.59 Å². The molecule has 2 rings (SSSR count). The predicted molar refractivity (Wildman–Crippen MR) is 78.2 cm³/mol. The van der Waals surface area contributed by atoms with Gasteiger partial charge in [-0.25, -0.2) is 0 Å². The molecule has 2 N–H and O–H groups in total. The highest BCUT2D eigenvalue weighted by Gasteiger charge is 2.45. The Morgan fingerprint density at radius 3 is 2.60 bits per heavy atom. The van der Waals surface area contributed by atoms with Gasteiger partial charge >= 0.3 is 0 Å². The van der Waals surface area contributed by atoms with Crippen LogP contribution in [0, 0.1) is 5.41 Å². The van der Waals surface area contributed by atoms with Gasteiger partial charge in [0.05, 0.1) is 0 Å². The number of carbonyl (C=O) groups is 2. The zero-order valence-electron chi connectivity index (χ0n) is 12.7. The maximum absolute atomic E-state index is 13.0. The second-order valence-electron chi connectivity index (χ2n) is 5.95. The first-order valence-corrected chi connectivity index (χ1v) is 7.94. The van der Waals surface area contributed by atoms with Crippen molar-refractivity contribution in [3.63, 3.8) is 0 Å². The lowest BCUT2D eigenvalue weighted by Crippen LogP contribution is -2.62. The van der Waals surface area contributed by atoms with Crippen LogP contribution < -0.4 is 10.6 Å². The monoisotopic (exact) mass is 281 g/mol. The largest absolute Gasteiger partial charge is 0.355 e. The van der Waals surface area contributed by atoms with Crippen molar-refractivity contribution in [2.45, 2.75) is 52.0 Å². The minimum atomic E-state index is -0.347. The quantitative estimate of drug-likeness (QED) is 0.804. The molecule has 1 saturated heterocycles. The van der Waals surface area contributed by atoms with Crippen LogP contribution in [0.4, 0.5) is 0 Å². The second-order valence-corrected chi connectivity index (χ2v) is 5.95. The lowest BCUT2D eigenvalue weighted by atomic mass is 9.81. The highest BCUT2D eigenvalue weighted by molar-refractivity contribution is 5.90. The molecule has 2 aliphatic rings. The number of nitrogens with zero attached hydrogens (tertiary/aromatic N) is 1. The van der Waals surface area contributed by atoms with Crippen LogP contribution in [-0.4, -0.2) is 48.9 Å². The van der Waals surface area contributed by atoms with Gasteiger partial charge in [0.1, 0.15) is 6.04 Å². The number of nitrogens with one attached hydrogen (secondary N) is 2. The molecule has 2 amide bonds. The molecule has 1 aliphatic carbocycles. The molecule has 114 valence electrons. The zero-order chi connectivity index (χ0) is 14.6. The van der Waals surface area contributed by atoms with Crippen molar-refractivity contribution in [3.8, 4) is 0 Å². The number of hydrogen-bond acceptors (Lipinski definition) is 3. The fraction of sp³-hybridized carbons (Fsp3) is 0.867. The topological polar surface area (TPSA) is 61.4 Å². The van der Waals surface area contributed by atoms with Crippen molar-refractivity contribution < 1.29 is 9.59 Å². The first-order chi connectivity index (χ1) is 9.64. The highest BCUT2D eigenvalue weighted by Crippen LogP contribution is 2.42. The first-order valence-electron chi connectivity index (χ1n) is 7.94. The number of carbonyl (C=O) groups excluding carboxylic acids is 2. The van der Waals surface area contributed by atoms with E-state index in [1.807, 2.05) is 11.8 Å². The predicted octanol–water partition coefficient (Wildman–Crippen LogP) is 0.893. The number of likely N-dealkylation sites (N-methyl/N-ethyl adjacent to an activating group) is 1. The third-order valence-electron chi connectivity index (χ3n) is 4.85. The van der Waals surface area contributed by atoms with Crippen LogP contribution in [0.15, 0.2) is 0 Å². The molecule has 0 radical (unpaired) electrons. The Labute approximate surface area is 121 Å². The molecule has 5 nitrogen and oxygen atoms in total. The van der Waals surface area contributed by atoms with Gasteiger partial charge < -0.3 is 15.5 Å². The third-order valence-corrected chi connectivity index (χ3v) is 4.85. The van der Waals surface area contributed by atoms with E-state index < -0.39 is 0 Å². The molecule has 20 heavy (non-hydrogen) atoms. The lowest BCUT2D eigenvalue weighted by Gasteiger charge is -2.40. The molecule has 2 fully saturated rings. The Bertz CT molecular complexity index is 364. The Kier molecular flexibility index (Phi) is 5.02. The molecule has 1 unspecified atom stereocenters. The summed E-state index contributed by atoms with van der Waals surface area (Å²) in [4.78, 5) is 27.0. The van der Waals surface area contributed by atoms with Gasteiger partial charge in [-0.05, 0) is 26.2 Å². The third kappa shape index (κ3) is 2.82. The van der Waals surface area contributed by atoms with Crippen molar-refractivity contribution in [1.82, 2.24) is 15.5 Å². The van der Waals surface area contributed by atoms with Crippen molar-refractivity contribution in [2.75, 3.05) is 26.2 Å². The van der Waals surface area contributed by atoms with E-state index in [-0.39, 0.29) is 23.3 Å². The van der Waals surface area contributed by atoms with Gasteiger partial charge in [0.2, 0.25) is 11.8 Å². The molecule has 0 aromatic rings. The van der Waals surface area contributed by atoms with Gasteiger partial charge in [0.25, 0.3) is 0 Å². The molecule has 1 atom stereocenters. The van der Waals surface area contributed by atoms with Gasteiger partial charge in [0, 0.05) is 31.6 Å². The smallest absolute Gasteiger partial charge is 0.244 e. The van der Waals surface area contributed by atoms with Crippen LogP contribution in [0.1, 0.15) is 46.0 Å². The summed E-state index contributed by atoms with van der Waals surface area (Å²) in [5, 5.41) is 6.07. The summed E-state index contributed by atoms with van der Waals surface area (Å²) in [5.41, 5.74) is -0.206. The van der Waals surface area contributed by atoms with Crippen LogP contribution in [0.3, 0.4) is 0 Å². The number of hydrogen-bond donors (Lipinski definition) is 2. The second kappa shape index (κ2) is 6.57. The van der Waals surface area contributed by atoms with Gasteiger partial charge in [0.15, 0.2) is 0 Å². The first kappa shape index (κ1) is 15.3. The average molecular weight is 281 g/mol. The Morgan fingerprint density at radius 2 is 2.00 bits per heavy atom. The highest BCUT2D eigenvalue weighted by atomic mass is 16.2. The van der Waals surface area contributed by atoms with E-state index in [1.165, 1.54) is 0 Å². The van der Waals surface area contributed by atoms with Gasteiger partial charge in [-0.2, -0.15) is 0 Å². The summed E-state index contributed by atoms with van der Waals surface area (Å²) < 4.78 is 0. The van der Waals surface area contributed by atoms with E-state index in [2.05, 4.69) is 17.6 Å². The molecule has 1 heterocycles. The van der Waals surface area contributed by atoms with Crippen molar-refractivity contribution in [1.29, 1.82) is 0 Å². The van der Waals surface area contributed by atoms with Gasteiger partial charge in [-0.15, -0.1) is 0 Å². The lowest BCUT2D eigenvalue weighted by molar-refractivity contribution is -0.150. The van der Waals surface area contributed by atoms with E-state index in [1.54, 1.807) is 0 Å². The molecule has 0 spiro atoms. The Hall–Kier alpha value is -1.10. The molecular weight excluding hydrogens is 254 g/mol. The fourth-order valence-electron chi connectivity index (χ4n) is 3.55. The molecule has 0 aromatic heterocycles. The average Bonchev–Trinajstić information content (AvgIpc) is 2.97. The normalized spacial score (nSPS) is 25.5. The summed E-state index contributed by atoms with van der Waals surface area (Å²) in [6.45, 7) is 6.61. The van der Waals surface area contributed by atoms with Crippen molar-refractivity contribution >= 4 is 11.8 Å². The standard InChI is InChI=1S/C15H27N3O2/c1-3-15(7-5-6-8-15)14(20)18-10-9-16-11-12(18)13(19)17-4-2/h12,16H,3-11H2,1-2H3,(H,17,19). The van der Waals surface area contributed by atoms with E-state index in [0.29, 0.717) is 19.6 Å². The van der Waals surface area contributed by atoms with Gasteiger partial charge in [-0.1, -0.05) is 19.8 Å². The number of piperazine rings is 1. The van der Waals surface area contributed by atoms with E-state index in [4.69, 9.17) is 0 Å². The summed E-state index contributed by atoms with van der Waals surface area (Å²) in [5.74, 6) is 0.174. The van der Waals surface area contributed by atoms with Gasteiger partial charge in [-0.3, -0.25) is 9.59 Å². The minimum absolute atomic E-state index is 0.0303. The molecule has 1 saturated carbocycles. The molecule has 5 heteroatoms. The molecule has 0 aromatic carbocycles. The number of rotatable bonds is 4. The van der Waals surface area contributed by atoms with Crippen molar-refractivity contribution in [3.05, 3.63) is 0 Å². The van der Waals surface area contributed by atoms with E-state index >= 15 is 0 Å². The summed E-state index contributed by atoms with van der Waals surface area (Å²) in [6, 6.07) is -0.347. The Balaban J connectivity index is 2.14. The van der Waals surface area contributed by atoms with Crippen LogP contribution in [0.25, 0.3) is 0 Å². The summed E-state index contributed by atoms with van der Waals surface area (Å²) >= 11 is 0. The molecule has 0 bridgehead atoms. The molecule has 1 aliphatic heterocycles. The maximum atomic E-state index is 13.0. The Morgan fingerprint density at radius 1 is 1.30 bits per heavy atom. The van der Waals surface area contributed by atoms with Crippen LogP contribution >= 0.6 is 0 Å². The van der Waals surface area contributed by atoms with Crippen LogP contribution in [0.5, 0.6) is 0 Å². The maximum Gasteiger partial charge on any atom is 0.244 e. The zero-order valence-corrected chi connectivity index (χ0v) is 12.7. The SMILES string of the molecule is CCNC(=O)C1CNCCN1C(=O)C1(CC)CCCC1. The van der Waals surface area contributed by atoms with E-state index in [0.717, 1.165) is 38.6 Å². The van der Waals surface area contributed by atoms with Crippen LogP contribution in [0.2, 0.25) is 0 Å². The fourth-order valence-corrected chi connectivity index (χ4v) is 3.55. The minimum Gasteiger partial charge on any atom is -0.355 e. The summed E-state index contributed by atoms with van der Waals surface area (Å²) in [6.07, 6.45) is 5.12. The van der Waals surface area contributed by atoms with E-state index in [9.17, 15) is 9.59 Å². The van der Waals surface area contributed by atoms with Crippen molar-refractivity contribution in [2.24, 2.45) is 5.41 Å². The molecular formula is C15H27N3O2. The summed E-state index contributed by atoms with van der Waals surface area (Å²) in [7, 11) is 0. The number of amides is 2.